The van der Waals surface area contributed by atoms with Gasteiger partial charge in [0, 0.05) is 59.3 Å². The van der Waals surface area contributed by atoms with Crippen LogP contribution in [0.3, 0.4) is 0 Å². The number of piperazine rings is 2. The van der Waals surface area contributed by atoms with Crippen LogP contribution in [-0.4, -0.2) is 96.1 Å². The third kappa shape index (κ3) is 3.64. The van der Waals surface area contributed by atoms with Gasteiger partial charge in [-0.15, -0.1) is 10.2 Å². The fourth-order valence-electron chi connectivity index (χ4n) is 3.03. The molecule has 3 heterocycles. The Morgan fingerprint density at radius 3 is 2.04 bits per heavy atom. The first-order valence-electron chi connectivity index (χ1n) is 8.36. The first kappa shape index (κ1) is 16.6. The maximum atomic E-state index is 12.5. The van der Waals surface area contributed by atoms with Crippen molar-refractivity contribution in [2.45, 2.75) is 6.92 Å². The Kier molecular flexibility index (Phi) is 4.94. The van der Waals surface area contributed by atoms with Gasteiger partial charge in [-0.25, -0.2) is 0 Å². The maximum Gasteiger partial charge on any atom is 0.274 e. The summed E-state index contributed by atoms with van der Waals surface area (Å²) in [5.41, 5.74) is 0.365. The molecule has 2 aliphatic heterocycles. The van der Waals surface area contributed by atoms with Crippen molar-refractivity contribution in [3.05, 3.63) is 17.8 Å². The van der Waals surface area contributed by atoms with Gasteiger partial charge in [0.2, 0.25) is 5.91 Å². The van der Waals surface area contributed by atoms with E-state index in [0.29, 0.717) is 31.9 Å². The lowest BCUT2D eigenvalue weighted by molar-refractivity contribution is -0.130. The minimum absolute atomic E-state index is 0.0541. The van der Waals surface area contributed by atoms with Crippen molar-refractivity contribution in [1.82, 2.24) is 24.9 Å². The van der Waals surface area contributed by atoms with E-state index >= 15 is 0 Å². The van der Waals surface area contributed by atoms with Crippen LogP contribution in [0.15, 0.2) is 12.1 Å². The quantitative estimate of drug-likeness (QED) is 0.729. The number of amides is 2. The van der Waals surface area contributed by atoms with E-state index in [2.05, 4.69) is 27.0 Å². The summed E-state index contributed by atoms with van der Waals surface area (Å²) < 4.78 is 0. The number of likely N-dealkylation sites (N-methyl/N-ethyl adjacent to an activating group) is 1. The molecule has 0 aromatic carbocycles. The van der Waals surface area contributed by atoms with Crippen LogP contribution in [0, 0.1) is 0 Å². The molecule has 0 aliphatic carbocycles. The second kappa shape index (κ2) is 7.12. The lowest BCUT2D eigenvalue weighted by atomic mass is 10.2. The third-order valence-electron chi connectivity index (χ3n) is 4.71. The van der Waals surface area contributed by atoms with Crippen LogP contribution in [0.1, 0.15) is 17.4 Å². The summed E-state index contributed by atoms with van der Waals surface area (Å²) in [6.45, 7) is 7.64. The van der Waals surface area contributed by atoms with Gasteiger partial charge < -0.3 is 19.6 Å². The number of nitrogens with zero attached hydrogens (tertiary/aromatic N) is 6. The van der Waals surface area contributed by atoms with Crippen LogP contribution in [0.4, 0.5) is 5.82 Å². The van der Waals surface area contributed by atoms with Crippen molar-refractivity contribution in [3.63, 3.8) is 0 Å². The topological polar surface area (TPSA) is 72.9 Å². The molecule has 24 heavy (non-hydrogen) atoms. The van der Waals surface area contributed by atoms with Crippen LogP contribution < -0.4 is 4.90 Å². The van der Waals surface area contributed by atoms with Gasteiger partial charge in [0.05, 0.1) is 0 Å². The molecule has 0 spiro atoms. The van der Waals surface area contributed by atoms with E-state index in [0.717, 1.165) is 32.0 Å². The van der Waals surface area contributed by atoms with E-state index in [9.17, 15) is 9.59 Å². The fraction of sp³-hybridized carbons (Fsp3) is 0.625. The lowest BCUT2D eigenvalue weighted by Crippen LogP contribution is -2.50. The molecule has 8 nitrogen and oxygen atoms in total. The smallest absolute Gasteiger partial charge is 0.274 e. The zero-order valence-corrected chi connectivity index (χ0v) is 14.3. The highest BCUT2D eigenvalue weighted by atomic mass is 16.2. The van der Waals surface area contributed by atoms with E-state index in [1.54, 1.807) is 22.8 Å². The minimum atomic E-state index is -0.115. The van der Waals surface area contributed by atoms with Crippen molar-refractivity contribution < 1.29 is 9.59 Å². The second-order valence-corrected chi connectivity index (χ2v) is 6.37. The first-order chi connectivity index (χ1) is 11.5. The number of carbonyl (C=O) groups excluding carboxylic acids is 2. The number of aromatic nitrogens is 2. The molecule has 0 radical (unpaired) electrons. The molecule has 1 aromatic heterocycles. The van der Waals surface area contributed by atoms with Crippen molar-refractivity contribution in [2.24, 2.45) is 0 Å². The van der Waals surface area contributed by atoms with Gasteiger partial charge in [0.25, 0.3) is 5.91 Å². The second-order valence-electron chi connectivity index (χ2n) is 6.37. The molecular weight excluding hydrogens is 308 g/mol. The molecule has 2 aliphatic rings. The molecule has 0 atom stereocenters. The number of hydrogen-bond donors (Lipinski definition) is 0. The zero-order valence-electron chi connectivity index (χ0n) is 14.3. The summed E-state index contributed by atoms with van der Waals surface area (Å²) in [6, 6.07) is 3.62. The van der Waals surface area contributed by atoms with Gasteiger partial charge in [-0.1, -0.05) is 0 Å². The van der Waals surface area contributed by atoms with Crippen LogP contribution in [-0.2, 0) is 4.79 Å². The van der Waals surface area contributed by atoms with Crippen LogP contribution in [0.5, 0.6) is 0 Å². The number of anilines is 1. The van der Waals surface area contributed by atoms with Gasteiger partial charge in [0.1, 0.15) is 0 Å². The van der Waals surface area contributed by atoms with E-state index in [4.69, 9.17) is 0 Å². The maximum absolute atomic E-state index is 12.5. The molecular formula is C16H24N6O2. The minimum Gasteiger partial charge on any atom is -0.353 e. The largest absolute Gasteiger partial charge is 0.353 e. The van der Waals surface area contributed by atoms with Crippen molar-refractivity contribution >= 4 is 17.6 Å². The Balaban J connectivity index is 1.59. The first-order valence-corrected chi connectivity index (χ1v) is 8.36. The Hall–Kier alpha value is -2.22. The summed E-state index contributed by atoms with van der Waals surface area (Å²) in [5.74, 6) is 0.759. The van der Waals surface area contributed by atoms with Gasteiger partial charge in [0.15, 0.2) is 11.5 Å². The molecule has 2 amide bonds. The average Bonchev–Trinajstić information content (AvgIpc) is 2.62. The Labute approximate surface area is 142 Å². The van der Waals surface area contributed by atoms with Crippen LogP contribution >= 0.6 is 0 Å². The summed E-state index contributed by atoms with van der Waals surface area (Å²) in [6.07, 6.45) is 0. The number of hydrogen-bond acceptors (Lipinski definition) is 6. The SMILES string of the molecule is CC(=O)N1CCN(C(=O)c2ccc(N3CCN(C)CC3)nn2)CC1. The summed E-state index contributed by atoms with van der Waals surface area (Å²) in [7, 11) is 2.11. The normalized spacial score (nSPS) is 19.5. The van der Waals surface area contributed by atoms with E-state index < -0.39 is 0 Å². The van der Waals surface area contributed by atoms with E-state index in [1.807, 2.05) is 6.07 Å². The Bertz CT molecular complexity index is 589. The van der Waals surface area contributed by atoms with Gasteiger partial charge in [-0.05, 0) is 19.2 Å². The zero-order chi connectivity index (χ0) is 17.1. The monoisotopic (exact) mass is 332 g/mol. The molecule has 0 bridgehead atoms. The number of carbonyl (C=O) groups is 2. The highest BCUT2D eigenvalue weighted by Crippen LogP contribution is 2.13. The molecule has 0 N–H and O–H groups in total. The van der Waals surface area contributed by atoms with Crippen LogP contribution in [0.2, 0.25) is 0 Å². The third-order valence-corrected chi connectivity index (χ3v) is 4.71. The lowest BCUT2D eigenvalue weighted by Gasteiger charge is -2.34. The highest BCUT2D eigenvalue weighted by Gasteiger charge is 2.24. The van der Waals surface area contributed by atoms with Crippen molar-refractivity contribution in [1.29, 1.82) is 0 Å². The summed E-state index contributed by atoms with van der Waals surface area (Å²) in [4.78, 5) is 31.8. The molecule has 2 saturated heterocycles. The Morgan fingerprint density at radius 2 is 1.50 bits per heavy atom. The molecule has 8 heteroatoms. The number of rotatable bonds is 2. The van der Waals surface area contributed by atoms with Gasteiger partial charge in [-0.2, -0.15) is 0 Å². The van der Waals surface area contributed by atoms with E-state index in [-0.39, 0.29) is 11.8 Å². The molecule has 0 unspecified atom stereocenters. The average molecular weight is 332 g/mol. The van der Waals surface area contributed by atoms with E-state index in [1.165, 1.54) is 0 Å². The van der Waals surface area contributed by atoms with Crippen molar-refractivity contribution in [2.75, 3.05) is 64.3 Å². The van der Waals surface area contributed by atoms with Crippen LogP contribution in [0.25, 0.3) is 0 Å². The summed E-state index contributed by atoms with van der Waals surface area (Å²) >= 11 is 0. The van der Waals surface area contributed by atoms with Crippen molar-refractivity contribution in [3.8, 4) is 0 Å². The molecule has 130 valence electrons. The molecule has 0 saturated carbocycles. The predicted molar refractivity (Wildman–Crippen MR) is 89.9 cm³/mol. The predicted octanol–water partition coefficient (Wildman–Crippen LogP) is -0.467. The standard InChI is InChI=1S/C16H24N6O2/c1-13(23)20-9-11-22(12-10-20)16(24)14-3-4-15(18-17-14)21-7-5-19(2)6-8-21/h3-4H,5-12H2,1-2H3. The molecule has 1 aromatic rings. The van der Waals surface area contributed by atoms with Gasteiger partial charge in [-0.3, -0.25) is 9.59 Å². The Morgan fingerprint density at radius 1 is 0.875 bits per heavy atom. The molecule has 2 fully saturated rings. The summed E-state index contributed by atoms with van der Waals surface area (Å²) in [5, 5.41) is 8.36. The highest BCUT2D eigenvalue weighted by molar-refractivity contribution is 5.92. The fourth-order valence-corrected chi connectivity index (χ4v) is 3.03. The molecule has 3 rings (SSSR count). The van der Waals surface area contributed by atoms with Gasteiger partial charge >= 0.3 is 0 Å².